The molecule has 0 bridgehead atoms. The Kier molecular flexibility index (Phi) is 6.86. The molecule has 5 heteroatoms. The van der Waals surface area contributed by atoms with Gasteiger partial charge in [-0.2, -0.15) is 5.26 Å². The van der Waals surface area contributed by atoms with Gasteiger partial charge in [0.1, 0.15) is 13.2 Å². The standard InChI is InChI=1S/C25H21NO4/c1-3-14-29-23-13-12-20(15-24(23)28-2)25(27)30-17-18-8-10-19(11-9-18)22-7-5-4-6-21(22)16-26/h3-13,15H,1,14,17H2,2H3. The van der Waals surface area contributed by atoms with Crippen molar-refractivity contribution in [2.75, 3.05) is 13.7 Å². The number of hydrogen-bond donors (Lipinski definition) is 0. The van der Waals surface area contributed by atoms with Crippen LogP contribution in [-0.4, -0.2) is 19.7 Å². The van der Waals surface area contributed by atoms with Crippen LogP contribution in [0.1, 0.15) is 21.5 Å². The van der Waals surface area contributed by atoms with Crippen LogP contribution in [0.15, 0.2) is 79.4 Å². The van der Waals surface area contributed by atoms with E-state index in [1.54, 1.807) is 30.3 Å². The molecular formula is C25H21NO4. The molecule has 30 heavy (non-hydrogen) atoms. The van der Waals surface area contributed by atoms with Crippen LogP contribution in [0, 0.1) is 11.3 Å². The molecule has 0 unspecified atom stereocenters. The molecule has 0 radical (unpaired) electrons. The number of carbonyl (C=O) groups is 1. The molecule has 0 spiro atoms. The highest BCUT2D eigenvalue weighted by Crippen LogP contribution is 2.28. The minimum absolute atomic E-state index is 0.135. The van der Waals surface area contributed by atoms with Gasteiger partial charge in [-0.05, 0) is 41.0 Å². The highest BCUT2D eigenvalue weighted by atomic mass is 16.5. The third-order valence-electron chi connectivity index (χ3n) is 4.44. The zero-order chi connectivity index (χ0) is 21.3. The summed E-state index contributed by atoms with van der Waals surface area (Å²) in [6.45, 7) is 4.08. The maximum Gasteiger partial charge on any atom is 0.338 e. The van der Waals surface area contributed by atoms with Gasteiger partial charge in [-0.3, -0.25) is 0 Å². The van der Waals surface area contributed by atoms with Crippen LogP contribution in [0.2, 0.25) is 0 Å². The number of rotatable bonds is 8. The van der Waals surface area contributed by atoms with Gasteiger partial charge < -0.3 is 14.2 Å². The molecule has 0 aromatic heterocycles. The third kappa shape index (κ3) is 4.86. The largest absolute Gasteiger partial charge is 0.493 e. The number of carbonyl (C=O) groups excluding carboxylic acids is 1. The second kappa shape index (κ2) is 9.94. The van der Waals surface area contributed by atoms with Gasteiger partial charge in [-0.1, -0.05) is 55.1 Å². The van der Waals surface area contributed by atoms with Crippen LogP contribution < -0.4 is 9.47 Å². The Morgan fingerprint density at radius 3 is 2.53 bits per heavy atom. The highest BCUT2D eigenvalue weighted by molar-refractivity contribution is 5.90. The van der Waals surface area contributed by atoms with Gasteiger partial charge in [0, 0.05) is 0 Å². The molecule has 150 valence electrons. The Hall–Kier alpha value is -4.04. The van der Waals surface area contributed by atoms with Crippen molar-refractivity contribution in [1.29, 1.82) is 5.26 Å². The maximum atomic E-state index is 12.4. The molecule has 3 rings (SSSR count). The van der Waals surface area contributed by atoms with E-state index < -0.39 is 5.97 Å². The van der Waals surface area contributed by atoms with Crippen molar-refractivity contribution in [3.8, 4) is 28.7 Å². The quantitative estimate of drug-likeness (QED) is 0.387. The Morgan fingerprint density at radius 2 is 1.83 bits per heavy atom. The summed E-state index contributed by atoms with van der Waals surface area (Å²) in [5.74, 6) is 0.525. The maximum absolute atomic E-state index is 12.4. The number of nitriles is 1. The number of benzene rings is 3. The fourth-order valence-electron chi connectivity index (χ4n) is 2.91. The zero-order valence-electron chi connectivity index (χ0n) is 16.6. The van der Waals surface area contributed by atoms with Crippen LogP contribution in [-0.2, 0) is 11.3 Å². The summed E-state index contributed by atoms with van der Waals surface area (Å²) in [7, 11) is 1.51. The monoisotopic (exact) mass is 399 g/mol. The summed E-state index contributed by atoms with van der Waals surface area (Å²) < 4.78 is 16.2. The number of nitrogens with zero attached hydrogens (tertiary/aromatic N) is 1. The van der Waals surface area contributed by atoms with Crippen LogP contribution in [0.4, 0.5) is 0 Å². The fourth-order valence-corrected chi connectivity index (χ4v) is 2.91. The first-order valence-electron chi connectivity index (χ1n) is 9.33. The first-order valence-corrected chi connectivity index (χ1v) is 9.33. The van der Waals surface area contributed by atoms with Crippen LogP contribution in [0.3, 0.4) is 0 Å². The van der Waals surface area contributed by atoms with Crippen LogP contribution >= 0.6 is 0 Å². The molecule has 0 saturated heterocycles. The van der Waals surface area contributed by atoms with Gasteiger partial charge in [-0.15, -0.1) is 0 Å². The SMILES string of the molecule is C=CCOc1ccc(C(=O)OCc2ccc(-c3ccccc3C#N)cc2)cc1OC. The number of hydrogen-bond acceptors (Lipinski definition) is 5. The zero-order valence-corrected chi connectivity index (χ0v) is 16.6. The number of methoxy groups -OCH3 is 1. The Morgan fingerprint density at radius 1 is 1.07 bits per heavy atom. The van der Waals surface area contributed by atoms with Crippen molar-refractivity contribution < 1.29 is 19.0 Å². The van der Waals surface area contributed by atoms with E-state index in [-0.39, 0.29) is 6.61 Å². The summed E-state index contributed by atoms with van der Waals surface area (Å²) in [4.78, 5) is 12.4. The predicted octanol–water partition coefficient (Wildman–Crippen LogP) is 5.16. The second-order valence-electron chi connectivity index (χ2n) is 6.40. The van der Waals surface area contributed by atoms with Gasteiger partial charge in [-0.25, -0.2) is 4.79 Å². The van der Waals surface area contributed by atoms with E-state index >= 15 is 0 Å². The van der Waals surface area contributed by atoms with Crippen molar-refractivity contribution in [3.63, 3.8) is 0 Å². The molecule has 5 nitrogen and oxygen atoms in total. The van der Waals surface area contributed by atoms with Crippen molar-refractivity contribution in [1.82, 2.24) is 0 Å². The summed E-state index contributed by atoms with van der Waals surface area (Å²) in [5, 5.41) is 9.26. The molecule has 0 aliphatic rings. The van der Waals surface area contributed by atoms with E-state index in [0.29, 0.717) is 29.2 Å². The topological polar surface area (TPSA) is 68.5 Å². The molecule has 0 amide bonds. The first kappa shape index (κ1) is 20.7. The lowest BCUT2D eigenvalue weighted by Gasteiger charge is -2.11. The molecule has 0 aliphatic heterocycles. The van der Waals surface area contributed by atoms with E-state index in [0.717, 1.165) is 16.7 Å². The summed E-state index contributed by atoms with van der Waals surface area (Å²) in [6, 6.07) is 22.1. The lowest BCUT2D eigenvalue weighted by atomic mass is 9.99. The molecule has 0 N–H and O–H groups in total. The Bertz CT molecular complexity index is 1080. The smallest absolute Gasteiger partial charge is 0.338 e. The summed E-state index contributed by atoms with van der Waals surface area (Å²) in [5.41, 5.74) is 3.64. The molecular weight excluding hydrogens is 378 g/mol. The van der Waals surface area contributed by atoms with Crippen molar-refractivity contribution >= 4 is 5.97 Å². The Labute approximate surface area is 175 Å². The van der Waals surface area contributed by atoms with E-state index in [1.165, 1.54) is 7.11 Å². The Balaban J connectivity index is 1.66. The summed E-state index contributed by atoms with van der Waals surface area (Å²) in [6.07, 6.45) is 1.63. The van der Waals surface area contributed by atoms with Gasteiger partial charge >= 0.3 is 5.97 Å². The van der Waals surface area contributed by atoms with Crippen molar-refractivity contribution in [2.45, 2.75) is 6.61 Å². The molecule has 0 fully saturated rings. The van der Waals surface area contributed by atoms with Crippen LogP contribution in [0.25, 0.3) is 11.1 Å². The molecule has 0 heterocycles. The van der Waals surface area contributed by atoms with E-state index in [1.807, 2.05) is 42.5 Å². The lowest BCUT2D eigenvalue weighted by Crippen LogP contribution is -2.06. The molecule has 0 aliphatic carbocycles. The van der Waals surface area contributed by atoms with Gasteiger partial charge in [0.15, 0.2) is 11.5 Å². The third-order valence-corrected chi connectivity index (χ3v) is 4.44. The average molecular weight is 399 g/mol. The molecule has 0 saturated carbocycles. The van der Waals surface area contributed by atoms with Gasteiger partial charge in [0.2, 0.25) is 0 Å². The average Bonchev–Trinajstić information content (AvgIpc) is 2.81. The predicted molar refractivity (Wildman–Crippen MR) is 114 cm³/mol. The normalized spacial score (nSPS) is 10.0. The van der Waals surface area contributed by atoms with Crippen molar-refractivity contribution in [3.05, 3.63) is 96.1 Å². The first-order chi connectivity index (χ1) is 14.7. The van der Waals surface area contributed by atoms with E-state index in [2.05, 4.69) is 12.6 Å². The molecule has 3 aromatic rings. The number of esters is 1. The fraction of sp³-hybridized carbons (Fsp3) is 0.120. The number of ether oxygens (including phenoxy) is 3. The highest BCUT2D eigenvalue weighted by Gasteiger charge is 2.13. The van der Waals surface area contributed by atoms with E-state index in [9.17, 15) is 10.1 Å². The molecule has 3 aromatic carbocycles. The van der Waals surface area contributed by atoms with Crippen LogP contribution in [0.5, 0.6) is 11.5 Å². The molecule has 0 atom stereocenters. The second-order valence-corrected chi connectivity index (χ2v) is 6.40. The minimum Gasteiger partial charge on any atom is -0.493 e. The van der Waals surface area contributed by atoms with Gasteiger partial charge in [0.25, 0.3) is 0 Å². The van der Waals surface area contributed by atoms with Gasteiger partial charge in [0.05, 0.1) is 24.3 Å². The lowest BCUT2D eigenvalue weighted by molar-refractivity contribution is 0.0472. The minimum atomic E-state index is -0.456. The van der Waals surface area contributed by atoms with Crippen molar-refractivity contribution in [2.24, 2.45) is 0 Å². The summed E-state index contributed by atoms with van der Waals surface area (Å²) >= 11 is 0. The van der Waals surface area contributed by atoms with E-state index in [4.69, 9.17) is 14.2 Å².